The van der Waals surface area contributed by atoms with Crippen LogP contribution in [0, 0.1) is 46.3 Å². The number of rotatable bonds is 10. The molecule has 0 aromatic rings. The van der Waals surface area contributed by atoms with Gasteiger partial charge in [0.15, 0.2) is 6.29 Å². The van der Waals surface area contributed by atoms with Crippen LogP contribution in [0.15, 0.2) is 0 Å². The third-order valence-corrected chi connectivity index (χ3v) is 13.0. The summed E-state index contributed by atoms with van der Waals surface area (Å²) >= 11 is 0. The lowest BCUT2D eigenvalue weighted by Crippen LogP contribution is -2.62. The van der Waals surface area contributed by atoms with E-state index in [0.717, 1.165) is 19.3 Å². The van der Waals surface area contributed by atoms with Gasteiger partial charge in [-0.15, -0.1) is 0 Å². The normalized spacial score (nSPS) is 47.6. The number of ether oxygens (including phenoxy) is 4. The Bertz CT molecular complexity index is 1180. The standard InChI is InChI=1S/C35H56O13/c1-16(15-45-33-32(44)31(43)30(42)25(14-36)48-33)6-9-26(39)47-23-12-22-19-7-8-21-28(40)29(41)24(46-18(3)38)13-35(21,5)20(19)10-11-34(22,4)27(23)17(2)37/h16,19-25,27-33,36,40-44H,6-15H2,1-5H3/t16-,19+,20-,21-,22-,23+,24+,25-,27-,28-,29-,30-,31-,32-,33+,34+,35-/m1/s1. The molecule has 0 radical (unpaired) electrons. The second kappa shape index (κ2) is 14.5. The Hall–Kier alpha value is -1.71. The summed E-state index contributed by atoms with van der Waals surface area (Å²) in [7, 11) is 0. The number of carbonyl (C=O) groups excluding carboxylic acids is 3. The van der Waals surface area contributed by atoms with Gasteiger partial charge < -0.3 is 49.6 Å². The molecule has 0 bridgehead atoms. The summed E-state index contributed by atoms with van der Waals surface area (Å²) in [6, 6.07) is 0. The van der Waals surface area contributed by atoms with Gasteiger partial charge in [-0.25, -0.2) is 0 Å². The molecule has 6 N–H and O–H groups in total. The molecule has 4 saturated carbocycles. The molecule has 0 aromatic carbocycles. The Morgan fingerprint density at radius 3 is 2.19 bits per heavy atom. The van der Waals surface area contributed by atoms with Gasteiger partial charge in [-0.1, -0.05) is 20.8 Å². The maximum absolute atomic E-state index is 13.2. The van der Waals surface area contributed by atoms with Crippen LogP contribution in [0.5, 0.6) is 0 Å². The fourth-order valence-corrected chi connectivity index (χ4v) is 10.7. The molecule has 17 atom stereocenters. The van der Waals surface area contributed by atoms with Crippen LogP contribution in [0.25, 0.3) is 0 Å². The van der Waals surface area contributed by atoms with Crippen molar-refractivity contribution in [2.24, 2.45) is 46.3 Å². The first kappa shape index (κ1) is 37.5. The lowest BCUT2D eigenvalue weighted by Gasteiger charge is -2.62. The smallest absolute Gasteiger partial charge is 0.306 e. The predicted molar refractivity (Wildman–Crippen MR) is 168 cm³/mol. The van der Waals surface area contributed by atoms with Crippen molar-refractivity contribution >= 4 is 17.7 Å². The number of hydrogen-bond donors (Lipinski definition) is 6. The highest BCUT2D eigenvalue weighted by molar-refractivity contribution is 5.81. The maximum atomic E-state index is 13.2. The van der Waals surface area contributed by atoms with Crippen LogP contribution >= 0.6 is 0 Å². The minimum absolute atomic E-state index is 0.00331. The van der Waals surface area contributed by atoms with E-state index in [2.05, 4.69) is 13.8 Å². The molecule has 13 heteroatoms. The van der Waals surface area contributed by atoms with Crippen molar-refractivity contribution in [2.45, 2.75) is 141 Å². The molecule has 0 aromatic heterocycles. The van der Waals surface area contributed by atoms with Gasteiger partial charge in [-0.3, -0.25) is 14.4 Å². The highest BCUT2D eigenvalue weighted by Crippen LogP contribution is 2.68. The van der Waals surface area contributed by atoms with E-state index in [4.69, 9.17) is 18.9 Å². The van der Waals surface area contributed by atoms with E-state index in [1.165, 1.54) is 6.92 Å². The van der Waals surface area contributed by atoms with Crippen molar-refractivity contribution in [3.8, 4) is 0 Å². The largest absolute Gasteiger partial charge is 0.462 e. The van der Waals surface area contributed by atoms with Crippen LogP contribution in [0.1, 0.15) is 86.0 Å². The predicted octanol–water partition coefficient (Wildman–Crippen LogP) is 0.862. The molecule has 1 aliphatic heterocycles. The minimum Gasteiger partial charge on any atom is -0.462 e. The molecule has 1 heterocycles. The van der Waals surface area contributed by atoms with Gasteiger partial charge >= 0.3 is 11.9 Å². The molecule has 0 spiro atoms. The summed E-state index contributed by atoms with van der Waals surface area (Å²) < 4.78 is 22.6. The number of ketones is 1. The van der Waals surface area contributed by atoms with Crippen molar-refractivity contribution in [2.75, 3.05) is 13.2 Å². The first-order valence-electron chi connectivity index (χ1n) is 17.7. The average Bonchev–Trinajstić information content (AvgIpc) is 3.32. The van der Waals surface area contributed by atoms with E-state index >= 15 is 0 Å². The van der Waals surface area contributed by atoms with Gasteiger partial charge in [0.25, 0.3) is 0 Å². The summed E-state index contributed by atoms with van der Waals surface area (Å²) in [5, 5.41) is 61.5. The number of aliphatic hydroxyl groups is 6. The first-order valence-corrected chi connectivity index (χ1v) is 17.7. The monoisotopic (exact) mass is 684 g/mol. The molecule has 5 rings (SSSR count). The quantitative estimate of drug-likeness (QED) is 0.177. The van der Waals surface area contributed by atoms with E-state index in [1.807, 2.05) is 6.92 Å². The summed E-state index contributed by atoms with van der Waals surface area (Å²) in [4.78, 5) is 38.2. The lowest BCUT2D eigenvalue weighted by atomic mass is 9.44. The van der Waals surface area contributed by atoms with Crippen LogP contribution < -0.4 is 0 Å². The summed E-state index contributed by atoms with van der Waals surface area (Å²) in [6.07, 6.45) is -5.61. The fourth-order valence-electron chi connectivity index (χ4n) is 10.7. The third kappa shape index (κ3) is 6.82. The number of carbonyl (C=O) groups is 3. The Morgan fingerprint density at radius 1 is 0.833 bits per heavy atom. The second-order valence-electron chi connectivity index (χ2n) is 16.0. The molecule has 4 aliphatic carbocycles. The van der Waals surface area contributed by atoms with Gasteiger partial charge in [0.2, 0.25) is 0 Å². The van der Waals surface area contributed by atoms with Crippen LogP contribution in [-0.2, 0) is 33.3 Å². The van der Waals surface area contributed by atoms with Gasteiger partial charge in [0.1, 0.15) is 48.5 Å². The zero-order valence-corrected chi connectivity index (χ0v) is 28.8. The van der Waals surface area contributed by atoms with Crippen LogP contribution in [0.3, 0.4) is 0 Å². The van der Waals surface area contributed by atoms with Crippen LogP contribution in [-0.4, -0.2) is 117 Å². The van der Waals surface area contributed by atoms with E-state index in [-0.39, 0.29) is 59.2 Å². The zero-order valence-electron chi connectivity index (χ0n) is 28.8. The van der Waals surface area contributed by atoms with Crippen molar-refractivity contribution in [1.29, 1.82) is 0 Å². The molecular formula is C35H56O13. The Labute approximate surface area is 282 Å². The molecular weight excluding hydrogens is 628 g/mol. The minimum atomic E-state index is -1.54. The Morgan fingerprint density at radius 2 is 1.54 bits per heavy atom. The van der Waals surface area contributed by atoms with Crippen molar-refractivity contribution < 1.29 is 64.0 Å². The van der Waals surface area contributed by atoms with E-state index < -0.39 is 79.6 Å². The molecule has 13 nitrogen and oxygen atoms in total. The summed E-state index contributed by atoms with van der Waals surface area (Å²) in [5.74, 6) is -1.06. The van der Waals surface area contributed by atoms with E-state index in [9.17, 15) is 45.0 Å². The number of Topliss-reactive ketones (excluding diaryl/α,β-unsaturated/α-hetero) is 1. The number of hydrogen-bond acceptors (Lipinski definition) is 13. The average molecular weight is 685 g/mol. The summed E-state index contributed by atoms with van der Waals surface area (Å²) in [5.41, 5.74) is -0.715. The number of aliphatic hydroxyl groups excluding tert-OH is 6. The number of fused-ring (bicyclic) bond motifs is 5. The molecule has 5 fully saturated rings. The second-order valence-corrected chi connectivity index (χ2v) is 16.0. The van der Waals surface area contributed by atoms with Crippen molar-refractivity contribution in [3.63, 3.8) is 0 Å². The van der Waals surface area contributed by atoms with Gasteiger partial charge in [0, 0.05) is 13.3 Å². The Kier molecular flexibility index (Phi) is 11.3. The molecule has 0 unspecified atom stereocenters. The number of esters is 2. The van der Waals surface area contributed by atoms with Gasteiger partial charge in [-0.05, 0) is 92.3 Å². The van der Waals surface area contributed by atoms with E-state index in [0.29, 0.717) is 25.7 Å². The van der Waals surface area contributed by atoms with Gasteiger partial charge in [0.05, 0.1) is 25.2 Å². The molecule has 48 heavy (non-hydrogen) atoms. The van der Waals surface area contributed by atoms with E-state index in [1.54, 1.807) is 6.92 Å². The van der Waals surface area contributed by atoms with Crippen molar-refractivity contribution in [3.05, 3.63) is 0 Å². The summed E-state index contributed by atoms with van der Waals surface area (Å²) in [6.45, 7) is 8.57. The highest BCUT2D eigenvalue weighted by atomic mass is 16.7. The fraction of sp³-hybridized carbons (Fsp3) is 0.914. The molecule has 1 saturated heterocycles. The van der Waals surface area contributed by atoms with Crippen molar-refractivity contribution in [1.82, 2.24) is 0 Å². The topological polar surface area (TPSA) is 210 Å². The highest BCUT2D eigenvalue weighted by Gasteiger charge is 2.66. The first-order chi connectivity index (χ1) is 22.5. The zero-order chi connectivity index (χ0) is 35.3. The van der Waals surface area contributed by atoms with Crippen LogP contribution in [0.2, 0.25) is 0 Å². The molecule has 5 aliphatic rings. The van der Waals surface area contributed by atoms with Crippen LogP contribution in [0.4, 0.5) is 0 Å². The lowest BCUT2D eigenvalue weighted by molar-refractivity contribution is -0.303. The third-order valence-electron chi connectivity index (χ3n) is 13.0. The molecule has 0 amide bonds. The Balaban J connectivity index is 1.20. The maximum Gasteiger partial charge on any atom is 0.306 e. The molecule has 274 valence electrons. The SMILES string of the molecule is CC(=O)O[C@H]1C[C@@]2(C)[C@H](CC[C@H]3[C@H]2CC[C@@]2(C)[C@@H]3C[C@H](OC(=O)CC[C@@H](C)CO[C@H]3O[C@H](CO)[C@@H](O)[C@@H](O)[C@H]3O)[C@H]2C(C)=O)[C@@H](O)[C@@H]1O. The van der Waals surface area contributed by atoms with Gasteiger partial charge in [-0.2, -0.15) is 0 Å².